The fourth-order valence-corrected chi connectivity index (χ4v) is 2.23. The zero-order valence-electron chi connectivity index (χ0n) is 6.48. The quantitative estimate of drug-likeness (QED) is 0.856. The molecule has 0 fully saturated rings. The summed E-state index contributed by atoms with van der Waals surface area (Å²) in [6, 6.07) is 0. The highest BCUT2D eigenvalue weighted by Crippen LogP contribution is 2.28. The first-order valence-corrected chi connectivity index (χ1v) is 5.23. The second-order valence-corrected chi connectivity index (χ2v) is 4.01. The van der Waals surface area contributed by atoms with Crippen LogP contribution in [-0.4, -0.2) is 23.9 Å². The number of aromatic amines is 1. The van der Waals surface area contributed by atoms with E-state index in [1.807, 2.05) is 6.92 Å². The molecule has 0 bridgehead atoms. The van der Waals surface area contributed by atoms with E-state index in [2.05, 4.69) is 23.9 Å². The molecule has 0 atom stereocenters. The zero-order chi connectivity index (χ0) is 9.26. The minimum absolute atomic E-state index is 0.400. The molecule has 0 spiro atoms. The van der Waals surface area contributed by atoms with Crippen molar-refractivity contribution in [3.8, 4) is 0 Å². The molecule has 2 rings (SSSR count). The summed E-state index contributed by atoms with van der Waals surface area (Å²) in [5, 5.41) is 8.32. The molecule has 0 saturated heterocycles. The van der Waals surface area contributed by atoms with Gasteiger partial charge in [0, 0.05) is 0 Å². The van der Waals surface area contributed by atoms with E-state index in [-0.39, 0.29) is 0 Å². The number of aromatic nitrogens is 5. The topological polar surface area (TPSA) is 67.3 Å². The van der Waals surface area contributed by atoms with Crippen LogP contribution >= 0.6 is 35.1 Å². The molecule has 2 aromatic heterocycles. The van der Waals surface area contributed by atoms with Gasteiger partial charge >= 0.3 is 0 Å². The Morgan fingerprint density at radius 1 is 1.46 bits per heavy atom. The van der Waals surface area contributed by atoms with Crippen molar-refractivity contribution in [2.45, 2.75) is 17.1 Å². The minimum atomic E-state index is 0.400. The maximum atomic E-state index is 5.75. The van der Waals surface area contributed by atoms with Gasteiger partial charge in [-0.1, -0.05) is 11.6 Å². The predicted octanol–water partition coefficient (Wildman–Crippen LogP) is 1.77. The van der Waals surface area contributed by atoms with E-state index in [0.717, 1.165) is 17.6 Å². The van der Waals surface area contributed by atoms with Gasteiger partial charge in [-0.15, -0.1) is 5.10 Å². The molecule has 0 aromatic carbocycles. The summed E-state index contributed by atoms with van der Waals surface area (Å²) in [6.45, 7) is 1.83. The molecule has 0 aliphatic heterocycles. The fraction of sp³-hybridized carbons (Fsp3) is 0.200. The van der Waals surface area contributed by atoms with Crippen LogP contribution in [0, 0.1) is 6.92 Å². The normalized spacial score (nSPS) is 10.6. The van der Waals surface area contributed by atoms with Crippen molar-refractivity contribution in [2.24, 2.45) is 0 Å². The Bertz CT molecular complexity index is 410. The second kappa shape index (κ2) is 3.60. The number of halogens is 1. The summed E-state index contributed by atoms with van der Waals surface area (Å²) in [6.07, 6.45) is 0. The SMILES string of the molecule is Cc1nc(Sc2nsnc2Cl)n[nH]1. The molecule has 0 aliphatic carbocycles. The zero-order valence-corrected chi connectivity index (χ0v) is 8.87. The van der Waals surface area contributed by atoms with E-state index in [9.17, 15) is 0 Å². The molecule has 5 nitrogen and oxygen atoms in total. The van der Waals surface area contributed by atoms with Crippen molar-refractivity contribution < 1.29 is 0 Å². The van der Waals surface area contributed by atoms with Crippen LogP contribution < -0.4 is 0 Å². The number of nitrogens with zero attached hydrogens (tertiary/aromatic N) is 4. The largest absolute Gasteiger partial charge is 0.262 e. The van der Waals surface area contributed by atoms with E-state index >= 15 is 0 Å². The standard InChI is InChI=1S/C5H4ClN5S2/c1-2-7-5(9-8-2)12-4-3(6)10-13-11-4/h1H3,(H,7,8,9). The van der Waals surface area contributed by atoms with Gasteiger partial charge in [0.25, 0.3) is 0 Å². The average molecular weight is 234 g/mol. The maximum absolute atomic E-state index is 5.75. The van der Waals surface area contributed by atoms with Crippen LogP contribution in [-0.2, 0) is 0 Å². The minimum Gasteiger partial charge on any atom is -0.262 e. The Kier molecular flexibility index (Phi) is 2.47. The van der Waals surface area contributed by atoms with Gasteiger partial charge in [0.2, 0.25) is 5.16 Å². The van der Waals surface area contributed by atoms with Gasteiger partial charge < -0.3 is 0 Å². The second-order valence-electron chi connectivity index (χ2n) is 2.17. The summed E-state index contributed by atoms with van der Waals surface area (Å²) in [5.74, 6) is 0.766. The van der Waals surface area contributed by atoms with E-state index in [1.165, 1.54) is 11.8 Å². The smallest absolute Gasteiger partial charge is 0.214 e. The number of rotatable bonds is 2. The molecule has 0 radical (unpaired) electrons. The first-order valence-electron chi connectivity index (χ1n) is 3.30. The van der Waals surface area contributed by atoms with Gasteiger partial charge in [0.1, 0.15) is 5.82 Å². The van der Waals surface area contributed by atoms with Crippen LogP contribution in [0.3, 0.4) is 0 Å². The van der Waals surface area contributed by atoms with Crippen LogP contribution in [0.5, 0.6) is 0 Å². The number of hydrogen-bond donors (Lipinski definition) is 1. The third-order valence-electron chi connectivity index (χ3n) is 1.19. The molecule has 0 saturated carbocycles. The summed E-state index contributed by atoms with van der Waals surface area (Å²) in [4.78, 5) is 4.10. The fourth-order valence-electron chi connectivity index (χ4n) is 0.685. The third-order valence-corrected chi connectivity index (χ3v) is 3.15. The number of aryl methyl sites for hydroxylation is 1. The van der Waals surface area contributed by atoms with Crippen molar-refractivity contribution in [2.75, 3.05) is 0 Å². The summed E-state index contributed by atoms with van der Waals surface area (Å²) in [5.41, 5.74) is 0. The van der Waals surface area contributed by atoms with Gasteiger partial charge in [-0.2, -0.15) is 8.75 Å². The lowest BCUT2D eigenvalue weighted by Crippen LogP contribution is -1.76. The molecule has 8 heteroatoms. The molecular formula is C5H4ClN5S2. The van der Waals surface area contributed by atoms with Gasteiger partial charge in [-0.25, -0.2) is 4.98 Å². The molecule has 1 N–H and O–H groups in total. The van der Waals surface area contributed by atoms with Crippen molar-refractivity contribution in [1.29, 1.82) is 0 Å². The lowest BCUT2D eigenvalue weighted by molar-refractivity contribution is 0.967. The molecule has 0 unspecified atom stereocenters. The van der Waals surface area contributed by atoms with E-state index in [1.54, 1.807) is 0 Å². The lowest BCUT2D eigenvalue weighted by Gasteiger charge is -1.87. The number of H-pyrrole nitrogens is 1. The molecule has 0 aliphatic rings. The highest BCUT2D eigenvalue weighted by atomic mass is 35.5. The predicted molar refractivity (Wildman–Crippen MR) is 50.2 cm³/mol. The Morgan fingerprint density at radius 3 is 2.85 bits per heavy atom. The van der Waals surface area contributed by atoms with Crippen molar-refractivity contribution in [1.82, 2.24) is 23.9 Å². The first kappa shape index (κ1) is 8.92. The van der Waals surface area contributed by atoms with E-state index < -0.39 is 0 Å². The highest BCUT2D eigenvalue weighted by Gasteiger charge is 2.10. The number of nitrogens with one attached hydrogen (secondary N) is 1. The average Bonchev–Trinajstić information content (AvgIpc) is 2.64. The van der Waals surface area contributed by atoms with Crippen LogP contribution in [0.15, 0.2) is 10.2 Å². The molecule has 0 amide bonds. The summed E-state index contributed by atoms with van der Waals surface area (Å²) >= 11 is 8.11. The monoisotopic (exact) mass is 233 g/mol. The molecular weight excluding hydrogens is 230 g/mol. The van der Waals surface area contributed by atoms with Crippen molar-refractivity contribution in [3.05, 3.63) is 11.0 Å². The van der Waals surface area contributed by atoms with Crippen LogP contribution in [0.2, 0.25) is 5.15 Å². The van der Waals surface area contributed by atoms with E-state index in [4.69, 9.17) is 11.6 Å². The molecule has 2 heterocycles. The Hall–Kier alpha value is -0.660. The number of hydrogen-bond acceptors (Lipinski definition) is 6. The summed E-state index contributed by atoms with van der Waals surface area (Å²) in [7, 11) is 0. The van der Waals surface area contributed by atoms with Gasteiger partial charge in [0.15, 0.2) is 10.2 Å². The van der Waals surface area contributed by atoms with Gasteiger partial charge in [0.05, 0.1) is 11.7 Å². The van der Waals surface area contributed by atoms with Gasteiger partial charge in [-0.05, 0) is 18.7 Å². The molecule has 68 valence electrons. The third kappa shape index (κ3) is 1.98. The Morgan fingerprint density at radius 2 is 2.31 bits per heavy atom. The van der Waals surface area contributed by atoms with Crippen molar-refractivity contribution >= 4 is 35.1 Å². The van der Waals surface area contributed by atoms with Crippen LogP contribution in [0.1, 0.15) is 5.82 Å². The maximum Gasteiger partial charge on any atom is 0.214 e. The van der Waals surface area contributed by atoms with Crippen LogP contribution in [0.4, 0.5) is 0 Å². The highest BCUT2D eigenvalue weighted by molar-refractivity contribution is 7.99. The van der Waals surface area contributed by atoms with E-state index in [0.29, 0.717) is 15.3 Å². The molecule has 2 aromatic rings. The lowest BCUT2D eigenvalue weighted by atomic mass is 10.8. The molecule has 13 heavy (non-hydrogen) atoms. The first-order chi connectivity index (χ1) is 6.25. The Labute approximate surface area is 87.3 Å². The Balaban J connectivity index is 2.19. The van der Waals surface area contributed by atoms with Gasteiger partial charge in [-0.3, -0.25) is 5.10 Å². The van der Waals surface area contributed by atoms with Crippen molar-refractivity contribution in [3.63, 3.8) is 0 Å². The van der Waals surface area contributed by atoms with Crippen LogP contribution in [0.25, 0.3) is 0 Å². The summed E-state index contributed by atoms with van der Waals surface area (Å²) < 4.78 is 7.82.